The predicted octanol–water partition coefficient (Wildman–Crippen LogP) is 0.494. The number of quaternary nitrogens is 1. The van der Waals surface area contributed by atoms with Crippen molar-refractivity contribution in [1.82, 2.24) is 0 Å². The van der Waals surface area contributed by atoms with Gasteiger partial charge >= 0.3 is 0 Å². The van der Waals surface area contributed by atoms with E-state index in [2.05, 4.69) is 34.9 Å². The fourth-order valence-corrected chi connectivity index (χ4v) is 0.961. The van der Waals surface area contributed by atoms with Gasteiger partial charge in [0.2, 0.25) is 0 Å². The summed E-state index contributed by atoms with van der Waals surface area (Å²) in [6.07, 6.45) is 0. The second-order valence-electron chi connectivity index (χ2n) is 2.81. The van der Waals surface area contributed by atoms with Crippen molar-refractivity contribution in [3.63, 3.8) is 0 Å². The third-order valence-corrected chi connectivity index (χ3v) is 1.74. The summed E-state index contributed by atoms with van der Waals surface area (Å²) in [6, 6.07) is 8.45. The molecule has 0 bridgehead atoms. The van der Waals surface area contributed by atoms with E-state index in [9.17, 15) is 0 Å². The molecular formula is C9H15N2+. The molecule has 0 radical (unpaired) electrons. The van der Waals surface area contributed by atoms with Crippen molar-refractivity contribution in [3.8, 4) is 0 Å². The third-order valence-electron chi connectivity index (χ3n) is 1.74. The first kappa shape index (κ1) is 8.08. The highest BCUT2D eigenvalue weighted by Crippen LogP contribution is 2.10. The highest BCUT2D eigenvalue weighted by Gasteiger charge is 1.94. The highest BCUT2D eigenvalue weighted by atomic mass is 15.1. The molecule has 0 atom stereocenters. The molecule has 1 aromatic rings. The van der Waals surface area contributed by atoms with Gasteiger partial charge in [-0.05, 0) is 12.1 Å². The lowest BCUT2D eigenvalue weighted by molar-refractivity contribution is -0.386. The molecule has 1 aromatic carbocycles. The topological polar surface area (TPSA) is 30.9 Å². The standard InChI is InChI=1S/C9H14N2/c1-11(2)9-5-3-8(7-10)4-6-9/h3-6H,7,10H2,1-2H3/p+1. The molecule has 0 aliphatic rings. The zero-order chi connectivity index (χ0) is 8.27. The predicted molar refractivity (Wildman–Crippen MR) is 47.4 cm³/mol. The Bertz CT molecular complexity index is 214. The van der Waals surface area contributed by atoms with E-state index >= 15 is 0 Å². The molecule has 11 heavy (non-hydrogen) atoms. The minimum atomic E-state index is 0.869. The summed E-state index contributed by atoms with van der Waals surface area (Å²) in [5, 5.41) is 0. The fourth-order valence-electron chi connectivity index (χ4n) is 0.961. The summed E-state index contributed by atoms with van der Waals surface area (Å²) >= 11 is 0. The Kier molecular flexibility index (Phi) is 2.49. The number of benzene rings is 1. The largest absolute Gasteiger partial charge is 0.378 e. The van der Waals surface area contributed by atoms with Crippen molar-refractivity contribution in [2.24, 2.45) is 0 Å². The molecule has 2 heteroatoms. The molecule has 0 aliphatic carbocycles. The van der Waals surface area contributed by atoms with Crippen LogP contribution in [0.4, 0.5) is 5.69 Å². The third kappa shape index (κ3) is 1.95. The Morgan fingerprint density at radius 3 is 2.09 bits per heavy atom. The molecule has 1 rings (SSSR count). The molecule has 0 heterocycles. The average molecular weight is 151 g/mol. The van der Waals surface area contributed by atoms with E-state index in [1.54, 1.807) is 0 Å². The van der Waals surface area contributed by atoms with Gasteiger partial charge < -0.3 is 10.6 Å². The SMILES string of the molecule is CN(C)c1ccc(C[NH3+])cc1. The number of nitrogens with zero attached hydrogens (tertiary/aromatic N) is 1. The smallest absolute Gasteiger partial charge is 0.0997 e. The molecule has 0 spiro atoms. The van der Waals surface area contributed by atoms with Gasteiger partial charge in [-0.25, -0.2) is 0 Å². The first-order valence-corrected chi connectivity index (χ1v) is 3.79. The van der Waals surface area contributed by atoms with Crippen LogP contribution in [0.1, 0.15) is 5.56 Å². The first-order valence-electron chi connectivity index (χ1n) is 3.79. The number of hydrogen-bond acceptors (Lipinski definition) is 1. The average Bonchev–Trinajstić information content (AvgIpc) is 2.05. The normalized spacial score (nSPS) is 9.73. The molecule has 0 unspecified atom stereocenters. The summed E-state index contributed by atoms with van der Waals surface area (Å²) < 4.78 is 0. The molecule has 0 amide bonds. The van der Waals surface area contributed by atoms with Gasteiger partial charge in [-0.2, -0.15) is 0 Å². The minimum absolute atomic E-state index is 0.869. The highest BCUT2D eigenvalue weighted by molar-refractivity contribution is 5.45. The maximum Gasteiger partial charge on any atom is 0.0997 e. The number of anilines is 1. The van der Waals surface area contributed by atoms with E-state index in [0.717, 1.165) is 6.54 Å². The Hall–Kier alpha value is -1.02. The number of hydrogen-bond donors (Lipinski definition) is 1. The van der Waals surface area contributed by atoms with Crippen LogP contribution in [0, 0.1) is 0 Å². The molecule has 60 valence electrons. The summed E-state index contributed by atoms with van der Waals surface area (Å²) in [7, 11) is 4.08. The summed E-state index contributed by atoms with van der Waals surface area (Å²) in [4.78, 5) is 2.09. The maximum absolute atomic E-state index is 3.82. The van der Waals surface area contributed by atoms with Crippen molar-refractivity contribution in [3.05, 3.63) is 29.8 Å². The van der Waals surface area contributed by atoms with Gasteiger partial charge in [0.25, 0.3) is 0 Å². The van der Waals surface area contributed by atoms with E-state index in [-0.39, 0.29) is 0 Å². The van der Waals surface area contributed by atoms with E-state index in [4.69, 9.17) is 0 Å². The zero-order valence-corrected chi connectivity index (χ0v) is 7.17. The monoisotopic (exact) mass is 151 g/mol. The van der Waals surface area contributed by atoms with E-state index < -0.39 is 0 Å². The zero-order valence-electron chi connectivity index (χ0n) is 7.17. The number of rotatable bonds is 2. The van der Waals surface area contributed by atoms with Crippen LogP contribution in [-0.2, 0) is 6.54 Å². The molecule has 0 saturated heterocycles. The summed E-state index contributed by atoms with van der Waals surface area (Å²) in [6.45, 7) is 0.869. The van der Waals surface area contributed by atoms with Crippen molar-refractivity contribution in [2.75, 3.05) is 19.0 Å². The van der Waals surface area contributed by atoms with Crippen LogP contribution >= 0.6 is 0 Å². The van der Waals surface area contributed by atoms with E-state index in [1.165, 1.54) is 11.3 Å². The van der Waals surface area contributed by atoms with Gasteiger partial charge in [0.05, 0.1) is 6.54 Å². The second-order valence-corrected chi connectivity index (χ2v) is 2.81. The Balaban J connectivity index is 2.83. The Morgan fingerprint density at radius 1 is 1.18 bits per heavy atom. The van der Waals surface area contributed by atoms with Gasteiger partial charge in [-0.1, -0.05) is 12.1 Å². The molecule has 2 nitrogen and oxygen atoms in total. The van der Waals surface area contributed by atoms with E-state index in [0.29, 0.717) is 0 Å². The van der Waals surface area contributed by atoms with Crippen LogP contribution in [0.25, 0.3) is 0 Å². The van der Waals surface area contributed by atoms with Gasteiger partial charge in [0, 0.05) is 25.3 Å². The van der Waals surface area contributed by atoms with Gasteiger partial charge in [0.15, 0.2) is 0 Å². The van der Waals surface area contributed by atoms with Gasteiger partial charge in [-0.15, -0.1) is 0 Å². The minimum Gasteiger partial charge on any atom is -0.378 e. The van der Waals surface area contributed by atoms with Gasteiger partial charge in [0.1, 0.15) is 0 Å². The van der Waals surface area contributed by atoms with Crippen molar-refractivity contribution < 1.29 is 5.73 Å². The quantitative estimate of drug-likeness (QED) is 0.655. The van der Waals surface area contributed by atoms with Crippen molar-refractivity contribution in [2.45, 2.75) is 6.54 Å². The first-order chi connectivity index (χ1) is 5.24. The Morgan fingerprint density at radius 2 is 1.73 bits per heavy atom. The van der Waals surface area contributed by atoms with Crippen LogP contribution in [0.15, 0.2) is 24.3 Å². The molecule has 0 fully saturated rings. The fraction of sp³-hybridized carbons (Fsp3) is 0.333. The lowest BCUT2D eigenvalue weighted by atomic mass is 10.2. The van der Waals surface area contributed by atoms with Crippen molar-refractivity contribution >= 4 is 5.69 Å². The molecule has 3 N–H and O–H groups in total. The van der Waals surface area contributed by atoms with Crippen LogP contribution in [0.2, 0.25) is 0 Å². The van der Waals surface area contributed by atoms with Crippen LogP contribution in [0.5, 0.6) is 0 Å². The van der Waals surface area contributed by atoms with Crippen LogP contribution < -0.4 is 10.6 Å². The molecule has 0 aliphatic heterocycles. The summed E-state index contributed by atoms with van der Waals surface area (Å²) in [5.41, 5.74) is 6.34. The molecular weight excluding hydrogens is 136 g/mol. The lowest BCUT2D eigenvalue weighted by Gasteiger charge is -2.11. The molecule has 0 aromatic heterocycles. The van der Waals surface area contributed by atoms with E-state index in [1.807, 2.05) is 14.1 Å². The Labute approximate surface area is 67.6 Å². The second kappa shape index (κ2) is 3.39. The summed E-state index contributed by atoms with van der Waals surface area (Å²) in [5.74, 6) is 0. The van der Waals surface area contributed by atoms with Crippen LogP contribution in [0.3, 0.4) is 0 Å². The van der Waals surface area contributed by atoms with Gasteiger partial charge in [-0.3, -0.25) is 0 Å². The molecule has 0 saturated carbocycles. The van der Waals surface area contributed by atoms with Crippen molar-refractivity contribution in [1.29, 1.82) is 0 Å². The maximum atomic E-state index is 3.82. The van der Waals surface area contributed by atoms with Crippen LogP contribution in [-0.4, -0.2) is 14.1 Å². The lowest BCUT2D eigenvalue weighted by Crippen LogP contribution is -2.47.